The fraction of sp³-hybridized carbons (Fsp3) is 0.400. The van der Waals surface area contributed by atoms with Gasteiger partial charge in [0, 0.05) is 31.9 Å². The molecule has 0 saturated heterocycles. The maximum atomic E-state index is 12.1. The topological polar surface area (TPSA) is 109 Å². The second-order valence-electron chi connectivity index (χ2n) is 5.35. The van der Waals surface area contributed by atoms with E-state index in [1.807, 2.05) is 10.8 Å². The first-order valence-corrected chi connectivity index (χ1v) is 9.81. The summed E-state index contributed by atoms with van der Waals surface area (Å²) in [6.07, 6.45) is 3.46. The number of amides is 1. The van der Waals surface area contributed by atoms with Crippen molar-refractivity contribution in [2.45, 2.75) is 11.7 Å². The number of anilines is 1. The molecular weight excluding hydrogens is 390 g/mol. The van der Waals surface area contributed by atoms with E-state index in [9.17, 15) is 4.79 Å². The van der Waals surface area contributed by atoms with Gasteiger partial charge in [-0.3, -0.25) is 14.0 Å². The van der Waals surface area contributed by atoms with E-state index in [4.69, 9.17) is 9.47 Å². The average Bonchev–Trinajstić information content (AvgIpc) is 3.37. The van der Waals surface area contributed by atoms with E-state index in [1.54, 1.807) is 37.5 Å². The van der Waals surface area contributed by atoms with Crippen LogP contribution >= 0.6 is 23.1 Å². The van der Waals surface area contributed by atoms with Crippen LogP contribution < -0.4 is 10.1 Å². The zero-order valence-electron chi connectivity index (χ0n) is 15.1. The van der Waals surface area contributed by atoms with Gasteiger partial charge in [0.2, 0.25) is 11.8 Å². The summed E-state index contributed by atoms with van der Waals surface area (Å²) in [6, 6.07) is 0. The molecule has 0 saturated carbocycles. The number of hydrogen-bond donors (Lipinski definition) is 1. The zero-order valence-corrected chi connectivity index (χ0v) is 16.7. The van der Waals surface area contributed by atoms with Crippen LogP contribution in [0.2, 0.25) is 0 Å². The summed E-state index contributed by atoms with van der Waals surface area (Å²) >= 11 is 2.66. The SMILES string of the molecule is COCCn1c(SCC(=O)Nc2nccs2)nnc1-c1cn(C)nc1OC. The van der Waals surface area contributed by atoms with Crippen LogP contribution in [0, 0.1) is 0 Å². The third-order valence-electron chi connectivity index (χ3n) is 3.48. The molecule has 0 fully saturated rings. The smallest absolute Gasteiger partial charge is 0.243 e. The van der Waals surface area contributed by atoms with Crippen molar-refractivity contribution < 1.29 is 14.3 Å². The van der Waals surface area contributed by atoms with Gasteiger partial charge in [0.15, 0.2) is 16.1 Å². The molecule has 0 spiro atoms. The zero-order chi connectivity index (χ0) is 19.2. The number of carbonyl (C=O) groups excluding carboxylic acids is 1. The lowest BCUT2D eigenvalue weighted by atomic mass is 10.3. The van der Waals surface area contributed by atoms with Crippen molar-refractivity contribution in [2.24, 2.45) is 7.05 Å². The summed E-state index contributed by atoms with van der Waals surface area (Å²) in [5, 5.41) is 18.5. The minimum absolute atomic E-state index is 0.156. The molecule has 0 radical (unpaired) electrons. The Morgan fingerprint density at radius 3 is 2.93 bits per heavy atom. The molecule has 12 heteroatoms. The molecular formula is C15H19N7O3S2. The van der Waals surface area contributed by atoms with Crippen LogP contribution in [0.1, 0.15) is 0 Å². The molecule has 10 nitrogen and oxygen atoms in total. The average molecular weight is 409 g/mol. The second kappa shape index (κ2) is 8.97. The quantitative estimate of drug-likeness (QED) is 0.530. The monoisotopic (exact) mass is 409 g/mol. The summed E-state index contributed by atoms with van der Waals surface area (Å²) in [4.78, 5) is 16.1. The Morgan fingerprint density at radius 1 is 1.37 bits per heavy atom. The minimum Gasteiger partial charge on any atom is -0.479 e. The number of methoxy groups -OCH3 is 2. The number of aromatic nitrogens is 6. The van der Waals surface area contributed by atoms with E-state index in [0.29, 0.717) is 35.1 Å². The van der Waals surface area contributed by atoms with Crippen molar-refractivity contribution in [2.75, 3.05) is 31.9 Å². The molecule has 3 aromatic heterocycles. The first-order valence-electron chi connectivity index (χ1n) is 7.94. The third kappa shape index (κ3) is 4.64. The number of thioether (sulfide) groups is 1. The first-order chi connectivity index (χ1) is 13.1. The summed E-state index contributed by atoms with van der Waals surface area (Å²) < 4.78 is 14.1. The highest BCUT2D eigenvalue weighted by Crippen LogP contribution is 2.30. The predicted octanol–water partition coefficient (Wildman–Crippen LogP) is 1.52. The van der Waals surface area contributed by atoms with Crippen molar-refractivity contribution in [3.05, 3.63) is 17.8 Å². The number of thiazole rings is 1. The number of nitrogens with zero attached hydrogens (tertiary/aromatic N) is 6. The van der Waals surface area contributed by atoms with Gasteiger partial charge in [-0.15, -0.1) is 26.6 Å². The van der Waals surface area contributed by atoms with Gasteiger partial charge in [-0.1, -0.05) is 11.8 Å². The summed E-state index contributed by atoms with van der Waals surface area (Å²) in [6.45, 7) is 1.01. The number of nitrogens with one attached hydrogen (secondary N) is 1. The van der Waals surface area contributed by atoms with E-state index in [0.717, 1.165) is 5.56 Å². The maximum Gasteiger partial charge on any atom is 0.243 e. The highest BCUT2D eigenvalue weighted by Gasteiger charge is 2.21. The molecule has 1 amide bonds. The Bertz CT molecular complexity index is 892. The van der Waals surface area contributed by atoms with Gasteiger partial charge in [-0.25, -0.2) is 4.98 Å². The minimum atomic E-state index is -0.156. The van der Waals surface area contributed by atoms with Gasteiger partial charge < -0.3 is 14.8 Å². The van der Waals surface area contributed by atoms with Crippen LogP contribution in [0.3, 0.4) is 0 Å². The molecule has 0 aliphatic carbocycles. The van der Waals surface area contributed by atoms with E-state index in [1.165, 1.54) is 23.1 Å². The molecule has 144 valence electrons. The molecule has 0 atom stereocenters. The van der Waals surface area contributed by atoms with Gasteiger partial charge >= 0.3 is 0 Å². The fourth-order valence-corrected chi connectivity index (χ4v) is 3.63. The first kappa shape index (κ1) is 19.3. The largest absolute Gasteiger partial charge is 0.479 e. The molecule has 3 aromatic rings. The molecule has 0 aromatic carbocycles. The van der Waals surface area contributed by atoms with Crippen LogP contribution in [0.25, 0.3) is 11.4 Å². The molecule has 0 unspecified atom stereocenters. The molecule has 27 heavy (non-hydrogen) atoms. The van der Waals surface area contributed by atoms with Crippen molar-refractivity contribution in [1.29, 1.82) is 0 Å². The highest BCUT2D eigenvalue weighted by molar-refractivity contribution is 7.99. The second-order valence-corrected chi connectivity index (χ2v) is 7.19. The Hall–Kier alpha value is -2.44. The number of ether oxygens (including phenoxy) is 2. The lowest BCUT2D eigenvalue weighted by molar-refractivity contribution is -0.113. The van der Waals surface area contributed by atoms with Crippen LogP contribution in [0.5, 0.6) is 5.88 Å². The summed E-state index contributed by atoms with van der Waals surface area (Å²) in [7, 11) is 4.99. The van der Waals surface area contributed by atoms with Gasteiger partial charge in [0.25, 0.3) is 0 Å². The van der Waals surface area contributed by atoms with Gasteiger partial charge in [0.1, 0.15) is 5.56 Å². The number of carbonyl (C=O) groups is 1. The summed E-state index contributed by atoms with van der Waals surface area (Å²) in [5.41, 5.74) is 0.725. The van der Waals surface area contributed by atoms with Crippen LogP contribution in [-0.2, 0) is 23.1 Å². The van der Waals surface area contributed by atoms with Gasteiger partial charge in [0.05, 0.1) is 26.0 Å². The van der Waals surface area contributed by atoms with E-state index >= 15 is 0 Å². The summed E-state index contributed by atoms with van der Waals surface area (Å²) in [5.74, 6) is 1.10. The standard InChI is InChI=1S/C15H19N7O3S2/c1-21-8-10(13(20-21)25-3)12-18-19-15(22(12)5-6-24-2)27-9-11(23)17-14-16-4-7-26-14/h4,7-8H,5-6,9H2,1-3H3,(H,16,17,23). The van der Waals surface area contributed by atoms with E-state index in [-0.39, 0.29) is 11.7 Å². The molecule has 1 N–H and O–H groups in total. The lowest BCUT2D eigenvalue weighted by Gasteiger charge is -2.09. The normalized spacial score (nSPS) is 10.9. The predicted molar refractivity (Wildman–Crippen MR) is 102 cm³/mol. The lowest BCUT2D eigenvalue weighted by Crippen LogP contribution is -2.15. The Labute approximate surface area is 163 Å². The van der Waals surface area contributed by atoms with Crippen molar-refractivity contribution in [3.63, 3.8) is 0 Å². The Kier molecular flexibility index (Phi) is 6.42. The maximum absolute atomic E-state index is 12.1. The molecule has 0 aliphatic heterocycles. The number of hydrogen-bond acceptors (Lipinski definition) is 9. The highest BCUT2D eigenvalue weighted by atomic mass is 32.2. The molecule has 3 rings (SSSR count). The molecule has 0 aliphatic rings. The van der Waals surface area contributed by atoms with Crippen molar-refractivity contribution >= 4 is 34.1 Å². The van der Waals surface area contributed by atoms with Crippen LogP contribution in [0.4, 0.5) is 5.13 Å². The fourth-order valence-electron chi connectivity index (χ4n) is 2.32. The molecule has 3 heterocycles. The van der Waals surface area contributed by atoms with Gasteiger partial charge in [-0.05, 0) is 0 Å². The van der Waals surface area contributed by atoms with Crippen LogP contribution in [-0.4, -0.2) is 62.0 Å². The Balaban J connectivity index is 1.78. The number of rotatable bonds is 9. The van der Waals surface area contributed by atoms with Gasteiger partial charge in [-0.2, -0.15) is 0 Å². The van der Waals surface area contributed by atoms with E-state index in [2.05, 4.69) is 25.6 Å². The Morgan fingerprint density at radius 2 is 2.22 bits per heavy atom. The number of aryl methyl sites for hydroxylation is 1. The van der Waals surface area contributed by atoms with Crippen molar-refractivity contribution in [3.8, 4) is 17.3 Å². The van der Waals surface area contributed by atoms with E-state index < -0.39 is 0 Å². The third-order valence-corrected chi connectivity index (χ3v) is 5.13. The van der Waals surface area contributed by atoms with Crippen LogP contribution in [0.15, 0.2) is 22.9 Å². The molecule has 0 bridgehead atoms. The van der Waals surface area contributed by atoms with Crippen molar-refractivity contribution in [1.82, 2.24) is 29.5 Å².